The van der Waals surface area contributed by atoms with Crippen molar-refractivity contribution >= 4 is 21.7 Å². The molecule has 0 N–H and O–H groups in total. The first kappa shape index (κ1) is 14.7. The monoisotopic (exact) mass is 335 g/mol. The molecule has 20 heavy (non-hydrogen) atoms. The van der Waals surface area contributed by atoms with Crippen LogP contribution in [0.5, 0.6) is 5.75 Å². The summed E-state index contributed by atoms with van der Waals surface area (Å²) < 4.78 is 11.3. The predicted octanol–water partition coefficient (Wildman–Crippen LogP) is 3.10. The molecule has 0 amide bonds. The minimum absolute atomic E-state index is 0.119. The zero-order valence-corrected chi connectivity index (χ0v) is 12.6. The average molecular weight is 336 g/mol. The average Bonchev–Trinajstić information content (AvgIpc) is 2.47. The normalized spacial score (nSPS) is 10.3. The molecule has 0 bridgehead atoms. The maximum Gasteiger partial charge on any atom is 0.198 e. The van der Waals surface area contributed by atoms with Crippen LogP contribution in [0.2, 0.25) is 0 Å². The van der Waals surface area contributed by atoms with Gasteiger partial charge in [0.15, 0.2) is 5.78 Å². The predicted molar refractivity (Wildman–Crippen MR) is 79.2 cm³/mol. The fourth-order valence-corrected chi connectivity index (χ4v) is 2.07. The number of benzene rings is 1. The van der Waals surface area contributed by atoms with Gasteiger partial charge in [0.05, 0.1) is 12.2 Å². The summed E-state index contributed by atoms with van der Waals surface area (Å²) in [6.07, 6.45) is 3.18. The molecule has 1 heterocycles. The Morgan fingerprint density at radius 3 is 2.80 bits per heavy atom. The van der Waals surface area contributed by atoms with Crippen LogP contribution < -0.4 is 4.74 Å². The van der Waals surface area contributed by atoms with Crippen molar-refractivity contribution in [2.45, 2.75) is 0 Å². The van der Waals surface area contributed by atoms with Crippen LogP contribution in [0, 0.1) is 0 Å². The van der Waals surface area contributed by atoms with Gasteiger partial charge in [-0.3, -0.25) is 9.78 Å². The molecule has 4 nitrogen and oxygen atoms in total. The number of aromatic nitrogens is 1. The van der Waals surface area contributed by atoms with Gasteiger partial charge in [-0.2, -0.15) is 0 Å². The Hall–Kier alpha value is -1.72. The molecule has 0 fully saturated rings. The number of para-hydroxylation sites is 1. The third kappa shape index (κ3) is 3.65. The Labute approximate surface area is 125 Å². The second-order valence-electron chi connectivity index (χ2n) is 4.06. The van der Waals surface area contributed by atoms with E-state index in [0.717, 1.165) is 4.47 Å². The van der Waals surface area contributed by atoms with Crippen molar-refractivity contribution in [3.05, 3.63) is 58.3 Å². The fraction of sp³-hybridized carbons (Fsp3) is 0.200. The summed E-state index contributed by atoms with van der Waals surface area (Å²) in [4.78, 5) is 16.5. The highest BCUT2D eigenvalue weighted by molar-refractivity contribution is 9.10. The van der Waals surface area contributed by atoms with Gasteiger partial charge in [0.1, 0.15) is 12.4 Å². The fourth-order valence-electron chi connectivity index (χ4n) is 1.71. The van der Waals surface area contributed by atoms with E-state index in [-0.39, 0.29) is 5.78 Å². The first-order valence-electron chi connectivity index (χ1n) is 6.08. The molecule has 0 aliphatic heterocycles. The van der Waals surface area contributed by atoms with Crippen molar-refractivity contribution in [3.63, 3.8) is 0 Å². The van der Waals surface area contributed by atoms with Crippen molar-refractivity contribution in [1.82, 2.24) is 4.98 Å². The maximum absolute atomic E-state index is 12.5. The minimum Gasteiger partial charge on any atom is -0.490 e. The lowest BCUT2D eigenvalue weighted by Gasteiger charge is -2.10. The molecule has 0 aliphatic rings. The van der Waals surface area contributed by atoms with E-state index >= 15 is 0 Å². The molecule has 0 aliphatic carbocycles. The lowest BCUT2D eigenvalue weighted by atomic mass is 10.0. The van der Waals surface area contributed by atoms with E-state index in [4.69, 9.17) is 9.47 Å². The van der Waals surface area contributed by atoms with Gasteiger partial charge >= 0.3 is 0 Å². The van der Waals surface area contributed by atoms with Crippen LogP contribution in [-0.4, -0.2) is 31.1 Å². The number of nitrogens with zero attached hydrogens (tertiary/aromatic N) is 1. The highest BCUT2D eigenvalue weighted by Gasteiger charge is 2.14. The van der Waals surface area contributed by atoms with Gasteiger partial charge in [-0.15, -0.1) is 0 Å². The molecular formula is C15H14BrNO3. The summed E-state index contributed by atoms with van der Waals surface area (Å²) in [6, 6.07) is 8.89. The SMILES string of the molecule is COCCOc1ccccc1C(=O)c1cncc(Br)c1. The Balaban J connectivity index is 2.25. The molecule has 0 radical (unpaired) electrons. The summed E-state index contributed by atoms with van der Waals surface area (Å²) in [5.74, 6) is 0.432. The number of ether oxygens (including phenoxy) is 2. The third-order valence-electron chi connectivity index (χ3n) is 2.64. The molecule has 5 heteroatoms. The number of carbonyl (C=O) groups excluding carboxylic acids is 1. The van der Waals surface area contributed by atoms with Gasteiger partial charge in [-0.25, -0.2) is 0 Å². The first-order chi connectivity index (χ1) is 9.72. The smallest absolute Gasteiger partial charge is 0.198 e. The van der Waals surface area contributed by atoms with Crippen LogP contribution in [0.25, 0.3) is 0 Å². The molecule has 2 aromatic rings. The van der Waals surface area contributed by atoms with Crippen LogP contribution in [0.3, 0.4) is 0 Å². The number of halogens is 1. The van der Waals surface area contributed by atoms with Crippen LogP contribution in [0.15, 0.2) is 47.2 Å². The lowest BCUT2D eigenvalue weighted by Crippen LogP contribution is -2.09. The van der Waals surface area contributed by atoms with E-state index < -0.39 is 0 Å². The summed E-state index contributed by atoms with van der Waals surface area (Å²) in [5.41, 5.74) is 1.03. The van der Waals surface area contributed by atoms with Gasteiger partial charge in [0.25, 0.3) is 0 Å². The molecular weight excluding hydrogens is 322 g/mol. The van der Waals surface area contributed by atoms with Crippen LogP contribution in [-0.2, 0) is 4.74 Å². The van der Waals surface area contributed by atoms with Crippen molar-refractivity contribution in [3.8, 4) is 5.75 Å². The van der Waals surface area contributed by atoms with Crippen molar-refractivity contribution < 1.29 is 14.3 Å². The van der Waals surface area contributed by atoms with Gasteiger partial charge in [-0.1, -0.05) is 12.1 Å². The number of carbonyl (C=O) groups is 1. The Bertz CT molecular complexity index is 601. The Morgan fingerprint density at radius 1 is 1.25 bits per heavy atom. The molecule has 0 spiro atoms. The number of hydrogen-bond donors (Lipinski definition) is 0. The van der Waals surface area contributed by atoms with E-state index in [1.165, 1.54) is 0 Å². The summed E-state index contributed by atoms with van der Waals surface area (Å²) in [7, 11) is 1.60. The molecule has 0 saturated carbocycles. The van der Waals surface area contributed by atoms with E-state index in [0.29, 0.717) is 30.1 Å². The third-order valence-corrected chi connectivity index (χ3v) is 3.08. The lowest BCUT2D eigenvalue weighted by molar-refractivity contribution is 0.103. The summed E-state index contributed by atoms with van der Waals surface area (Å²) in [5, 5.41) is 0. The summed E-state index contributed by atoms with van der Waals surface area (Å²) >= 11 is 3.31. The molecule has 2 rings (SSSR count). The van der Waals surface area contributed by atoms with Gasteiger partial charge in [-0.05, 0) is 34.1 Å². The largest absolute Gasteiger partial charge is 0.490 e. The highest BCUT2D eigenvalue weighted by Crippen LogP contribution is 2.22. The van der Waals surface area contributed by atoms with Crippen LogP contribution >= 0.6 is 15.9 Å². The van der Waals surface area contributed by atoms with Crippen molar-refractivity contribution in [2.75, 3.05) is 20.3 Å². The topological polar surface area (TPSA) is 48.4 Å². The number of ketones is 1. The first-order valence-corrected chi connectivity index (χ1v) is 6.87. The van der Waals surface area contributed by atoms with Crippen molar-refractivity contribution in [1.29, 1.82) is 0 Å². The van der Waals surface area contributed by atoms with E-state index in [1.807, 2.05) is 12.1 Å². The summed E-state index contributed by atoms with van der Waals surface area (Å²) in [6.45, 7) is 0.874. The molecule has 1 aromatic heterocycles. The van der Waals surface area contributed by atoms with Gasteiger partial charge in [0, 0.05) is 29.5 Å². The molecule has 0 saturated heterocycles. The Kier molecular flexibility index (Phi) is 5.26. The van der Waals surface area contributed by atoms with Crippen LogP contribution in [0.1, 0.15) is 15.9 Å². The van der Waals surface area contributed by atoms with Gasteiger partial charge < -0.3 is 9.47 Å². The second-order valence-corrected chi connectivity index (χ2v) is 4.97. The number of methoxy groups -OCH3 is 1. The van der Waals surface area contributed by atoms with Crippen molar-refractivity contribution in [2.24, 2.45) is 0 Å². The van der Waals surface area contributed by atoms with Crippen LogP contribution in [0.4, 0.5) is 0 Å². The zero-order chi connectivity index (χ0) is 14.4. The van der Waals surface area contributed by atoms with E-state index in [1.54, 1.807) is 37.7 Å². The van der Waals surface area contributed by atoms with Gasteiger partial charge in [0.2, 0.25) is 0 Å². The second kappa shape index (κ2) is 7.17. The maximum atomic E-state index is 12.5. The molecule has 0 unspecified atom stereocenters. The number of rotatable bonds is 6. The highest BCUT2D eigenvalue weighted by atomic mass is 79.9. The van der Waals surface area contributed by atoms with E-state index in [9.17, 15) is 4.79 Å². The quantitative estimate of drug-likeness (QED) is 0.601. The zero-order valence-electron chi connectivity index (χ0n) is 11.0. The standard InChI is InChI=1S/C15H14BrNO3/c1-19-6-7-20-14-5-3-2-4-13(14)15(18)11-8-12(16)10-17-9-11/h2-5,8-10H,6-7H2,1H3. The number of pyridine rings is 1. The molecule has 104 valence electrons. The number of hydrogen-bond acceptors (Lipinski definition) is 4. The Morgan fingerprint density at radius 2 is 2.05 bits per heavy atom. The minimum atomic E-state index is -0.119. The van der Waals surface area contributed by atoms with E-state index in [2.05, 4.69) is 20.9 Å². The molecule has 0 atom stereocenters. The molecule has 1 aromatic carbocycles.